The summed E-state index contributed by atoms with van der Waals surface area (Å²) in [5, 5.41) is 12.1. The summed E-state index contributed by atoms with van der Waals surface area (Å²) < 4.78 is 18.6. The van der Waals surface area contributed by atoms with Crippen molar-refractivity contribution >= 4 is 5.97 Å². The molecule has 1 unspecified atom stereocenters. The van der Waals surface area contributed by atoms with E-state index in [1.807, 2.05) is 13.0 Å². The van der Waals surface area contributed by atoms with E-state index in [1.54, 1.807) is 13.0 Å². The number of benzene rings is 1. The Labute approximate surface area is 116 Å². The van der Waals surface area contributed by atoms with Crippen molar-refractivity contribution in [1.29, 1.82) is 0 Å². The van der Waals surface area contributed by atoms with Crippen molar-refractivity contribution in [2.75, 3.05) is 0 Å². The molecule has 1 heterocycles. The molecule has 0 spiro atoms. The average Bonchev–Trinajstić information content (AvgIpc) is 2.87. The van der Waals surface area contributed by atoms with Crippen molar-refractivity contribution in [3.63, 3.8) is 0 Å². The molecule has 0 aliphatic rings. The Balaban J connectivity index is 2.04. The lowest BCUT2D eigenvalue weighted by Gasteiger charge is -2.14. The number of carboxylic acids is 1. The average molecular weight is 277 g/mol. The molecule has 1 aromatic carbocycles. The second kappa shape index (κ2) is 5.88. The SMILES string of the molecule is Cc1ccc(C(C)NCc2occc2C(=O)O)cc1F. The first-order valence-corrected chi connectivity index (χ1v) is 6.28. The third-order valence-corrected chi connectivity index (χ3v) is 3.24. The van der Waals surface area contributed by atoms with E-state index in [4.69, 9.17) is 9.52 Å². The molecule has 20 heavy (non-hydrogen) atoms. The maximum absolute atomic E-state index is 13.5. The monoisotopic (exact) mass is 277 g/mol. The van der Waals surface area contributed by atoms with Crippen molar-refractivity contribution in [1.82, 2.24) is 5.32 Å². The molecule has 0 aliphatic heterocycles. The highest BCUT2D eigenvalue weighted by Gasteiger charge is 2.14. The van der Waals surface area contributed by atoms with E-state index in [1.165, 1.54) is 18.4 Å². The Morgan fingerprint density at radius 3 is 2.85 bits per heavy atom. The van der Waals surface area contributed by atoms with Gasteiger partial charge >= 0.3 is 5.97 Å². The summed E-state index contributed by atoms with van der Waals surface area (Å²) in [5.41, 5.74) is 1.54. The maximum Gasteiger partial charge on any atom is 0.339 e. The standard InChI is InChI=1S/C15H16FNO3/c1-9-3-4-11(7-13(9)16)10(2)17-8-14-12(15(18)19)5-6-20-14/h3-7,10,17H,8H2,1-2H3,(H,18,19). The van der Waals surface area contributed by atoms with Gasteiger partial charge in [-0.05, 0) is 37.1 Å². The molecular weight excluding hydrogens is 261 g/mol. The third-order valence-electron chi connectivity index (χ3n) is 3.24. The van der Waals surface area contributed by atoms with Crippen molar-refractivity contribution in [2.45, 2.75) is 26.4 Å². The zero-order valence-corrected chi connectivity index (χ0v) is 11.3. The summed E-state index contributed by atoms with van der Waals surface area (Å²) in [5.74, 6) is -0.915. The van der Waals surface area contributed by atoms with Crippen LogP contribution in [0.3, 0.4) is 0 Å². The highest BCUT2D eigenvalue weighted by atomic mass is 19.1. The normalized spacial score (nSPS) is 12.3. The van der Waals surface area contributed by atoms with Crippen LogP contribution in [0.25, 0.3) is 0 Å². The minimum absolute atomic E-state index is 0.114. The Bertz CT molecular complexity index is 621. The van der Waals surface area contributed by atoms with Gasteiger partial charge in [0.15, 0.2) is 0 Å². The molecule has 1 aromatic heterocycles. The summed E-state index contributed by atoms with van der Waals surface area (Å²) >= 11 is 0. The van der Waals surface area contributed by atoms with Crippen LogP contribution < -0.4 is 5.32 Å². The van der Waals surface area contributed by atoms with Gasteiger partial charge in [-0.25, -0.2) is 9.18 Å². The first kappa shape index (κ1) is 14.3. The molecule has 5 heteroatoms. The van der Waals surface area contributed by atoms with Crippen LogP contribution in [0.5, 0.6) is 0 Å². The zero-order valence-electron chi connectivity index (χ0n) is 11.3. The molecule has 0 amide bonds. The molecule has 0 radical (unpaired) electrons. The Morgan fingerprint density at radius 2 is 2.20 bits per heavy atom. The molecule has 0 saturated heterocycles. The van der Waals surface area contributed by atoms with Crippen molar-refractivity contribution in [3.05, 3.63) is 58.8 Å². The van der Waals surface area contributed by atoms with Gasteiger partial charge in [0.25, 0.3) is 0 Å². The van der Waals surface area contributed by atoms with Crippen LogP contribution in [0.1, 0.15) is 40.2 Å². The van der Waals surface area contributed by atoms with E-state index in [0.29, 0.717) is 11.3 Å². The second-order valence-electron chi connectivity index (χ2n) is 4.67. The first-order chi connectivity index (χ1) is 9.49. The summed E-state index contributed by atoms with van der Waals surface area (Å²) in [4.78, 5) is 10.9. The quantitative estimate of drug-likeness (QED) is 0.880. The molecule has 1 atom stereocenters. The van der Waals surface area contributed by atoms with Crippen molar-refractivity contribution in [3.8, 4) is 0 Å². The molecule has 0 fully saturated rings. The molecule has 2 aromatic rings. The zero-order chi connectivity index (χ0) is 14.7. The molecule has 4 nitrogen and oxygen atoms in total. The van der Waals surface area contributed by atoms with Crippen LogP contribution in [0.4, 0.5) is 4.39 Å². The van der Waals surface area contributed by atoms with E-state index in [-0.39, 0.29) is 24.0 Å². The summed E-state index contributed by atoms with van der Waals surface area (Å²) in [7, 11) is 0. The van der Waals surface area contributed by atoms with E-state index in [0.717, 1.165) is 5.56 Å². The number of rotatable bonds is 5. The molecule has 0 aliphatic carbocycles. The van der Waals surface area contributed by atoms with E-state index < -0.39 is 5.97 Å². The van der Waals surface area contributed by atoms with Gasteiger partial charge in [0, 0.05) is 6.04 Å². The minimum Gasteiger partial charge on any atom is -0.478 e. The number of hydrogen-bond donors (Lipinski definition) is 2. The van der Waals surface area contributed by atoms with Crippen LogP contribution in [0.15, 0.2) is 34.9 Å². The Hall–Kier alpha value is -2.14. The molecule has 0 bridgehead atoms. The van der Waals surface area contributed by atoms with Crippen molar-refractivity contribution < 1.29 is 18.7 Å². The van der Waals surface area contributed by atoms with E-state index in [9.17, 15) is 9.18 Å². The number of nitrogens with one attached hydrogen (secondary N) is 1. The van der Waals surface area contributed by atoms with Gasteiger partial charge in [-0.2, -0.15) is 0 Å². The van der Waals surface area contributed by atoms with Crippen LogP contribution >= 0.6 is 0 Å². The van der Waals surface area contributed by atoms with Gasteiger partial charge in [0.05, 0.1) is 12.8 Å². The second-order valence-corrected chi connectivity index (χ2v) is 4.67. The number of aromatic carboxylic acids is 1. The van der Waals surface area contributed by atoms with Crippen LogP contribution in [-0.2, 0) is 6.54 Å². The summed E-state index contributed by atoms with van der Waals surface area (Å²) in [6.07, 6.45) is 1.34. The third kappa shape index (κ3) is 3.05. The van der Waals surface area contributed by atoms with E-state index >= 15 is 0 Å². The van der Waals surface area contributed by atoms with Gasteiger partial charge < -0.3 is 14.8 Å². The predicted octanol–water partition coefficient (Wildman–Crippen LogP) is 3.28. The lowest BCUT2D eigenvalue weighted by molar-refractivity contribution is 0.0694. The number of aryl methyl sites for hydroxylation is 1. The van der Waals surface area contributed by atoms with Gasteiger partial charge in [0.1, 0.15) is 17.1 Å². The molecule has 2 rings (SSSR count). The number of carboxylic acid groups (broad SMARTS) is 1. The minimum atomic E-state index is -1.02. The Kier molecular flexibility index (Phi) is 4.20. The number of hydrogen-bond acceptors (Lipinski definition) is 3. The molecule has 106 valence electrons. The molecule has 2 N–H and O–H groups in total. The first-order valence-electron chi connectivity index (χ1n) is 6.28. The number of furan rings is 1. The molecule has 0 saturated carbocycles. The van der Waals surface area contributed by atoms with Gasteiger partial charge in [0.2, 0.25) is 0 Å². The maximum atomic E-state index is 13.5. The van der Waals surface area contributed by atoms with Crippen LogP contribution in [0, 0.1) is 12.7 Å². The lowest BCUT2D eigenvalue weighted by atomic mass is 10.1. The van der Waals surface area contributed by atoms with E-state index in [2.05, 4.69) is 5.32 Å². The number of halogens is 1. The lowest BCUT2D eigenvalue weighted by Crippen LogP contribution is -2.19. The highest BCUT2D eigenvalue weighted by molar-refractivity contribution is 5.88. The number of carbonyl (C=O) groups is 1. The molecular formula is C15H16FNO3. The van der Waals surface area contributed by atoms with Gasteiger partial charge in [-0.1, -0.05) is 12.1 Å². The smallest absolute Gasteiger partial charge is 0.339 e. The Morgan fingerprint density at radius 1 is 1.45 bits per heavy atom. The van der Waals surface area contributed by atoms with Gasteiger partial charge in [-0.15, -0.1) is 0 Å². The van der Waals surface area contributed by atoms with Crippen LogP contribution in [0.2, 0.25) is 0 Å². The topological polar surface area (TPSA) is 62.5 Å². The fourth-order valence-corrected chi connectivity index (χ4v) is 1.91. The van der Waals surface area contributed by atoms with Crippen LogP contribution in [-0.4, -0.2) is 11.1 Å². The summed E-state index contributed by atoms with van der Waals surface area (Å²) in [6, 6.07) is 6.34. The summed E-state index contributed by atoms with van der Waals surface area (Å²) in [6.45, 7) is 3.86. The largest absolute Gasteiger partial charge is 0.478 e. The van der Waals surface area contributed by atoms with Crippen molar-refractivity contribution in [2.24, 2.45) is 0 Å². The fourth-order valence-electron chi connectivity index (χ4n) is 1.91. The fraction of sp³-hybridized carbons (Fsp3) is 0.267. The predicted molar refractivity (Wildman–Crippen MR) is 72.1 cm³/mol. The van der Waals surface area contributed by atoms with Gasteiger partial charge in [-0.3, -0.25) is 0 Å². The highest BCUT2D eigenvalue weighted by Crippen LogP contribution is 2.18.